The normalized spacial score (nSPS) is 12.3. The molecule has 0 aliphatic rings. The van der Waals surface area contributed by atoms with Crippen molar-refractivity contribution in [2.45, 2.75) is 26.8 Å². The summed E-state index contributed by atoms with van der Waals surface area (Å²) < 4.78 is 1.09. The second-order valence-corrected chi connectivity index (χ2v) is 6.71. The highest BCUT2D eigenvalue weighted by Gasteiger charge is 2.12. The number of halogens is 3. The van der Waals surface area contributed by atoms with Gasteiger partial charge in [-0.3, -0.25) is 0 Å². The third-order valence-corrected chi connectivity index (χ3v) is 4.31. The van der Waals surface area contributed by atoms with Crippen LogP contribution in [0.25, 0.3) is 0 Å². The number of rotatable bonds is 3. The molecule has 0 saturated heterocycles. The molecule has 2 aromatic carbocycles. The van der Waals surface area contributed by atoms with Gasteiger partial charge in [-0.05, 0) is 61.7 Å². The maximum absolute atomic E-state index is 6.26. The summed E-state index contributed by atoms with van der Waals surface area (Å²) in [6.45, 7) is 6.28. The van der Waals surface area contributed by atoms with Gasteiger partial charge in [0, 0.05) is 20.2 Å². The molecule has 0 aliphatic heterocycles. The number of anilines is 1. The van der Waals surface area contributed by atoms with Crippen LogP contribution in [0.5, 0.6) is 0 Å². The lowest BCUT2D eigenvalue weighted by Crippen LogP contribution is -2.09. The number of benzene rings is 2. The Morgan fingerprint density at radius 3 is 2.20 bits per heavy atom. The van der Waals surface area contributed by atoms with Crippen LogP contribution in [-0.4, -0.2) is 0 Å². The van der Waals surface area contributed by atoms with Crippen LogP contribution in [0.1, 0.15) is 29.7 Å². The molecule has 106 valence electrons. The summed E-state index contributed by atoms with van der Waals surface area (Å²) in [6, 6.07) is 9.92. The summed E-state index contributed by atoms with van der Waals surface area (Å²) >= 11 is 15.7. The van der Waals surface area contributed by atoms with Crippen molar-refractivity contribution in [3.8, 4) is 0 Å². The van der Waals surface area contributed by atoms with Crippen LogP contribution >= 0.6 is 39.1 Å². The van der Waals surface area contributed by atoms with Gasteiger partial charge in [0.25, 0.3) is 0 Å². The fraction of sp³-hybridized carbons (Fsp3) is 0.250. The maximum atomic E-state index is 6.26. The summed E-state index contributed by atoms with van der Waals surface area (Å²) in [7, 11) is 0. The smallest absolute Gasteiger partial charge is 0.0500 e. The van der Waals surface area contributed by atoms with Crippen molar-refractivity contribution in [2.75, 3.05) is 5.32 Å². The highest BCUT2D eigenvalue weighted by Crippen LogP contribution is 2.32. The SMILES string of the molecule is Cc1cc(Br)cc(C)c1NC(C)c1ccc(Cl)cc1Cl. The largest absolute Gasteiger partial charge is 0.378 e. The van der Waals surface area contributed by atoms with Gasteiger partial charge in [-0.2, -0.15) is 0 Å². The summed E-state index contributed by atoms with van der Waals surface area (Å²) in [4.78, 5) is 0. The van der Waals surface area contributed by atoms with E-state index in [4.69, 9.17) is 23.2 Å². The lowest BCUT2D eigenvalue weighted by atomic mass is 10.0. The van der Waals surface area contributed by atoms with E-state index < -0.39 is 0 Å². The first kappa shape index (κ1) is 15.7. The first-order valence-electron chi connectivity index (χ1n) is 6.36. The first-order chi connectivity index (χ1) is 9.38. The van der Waals surface area contributed by atoms with E-state index in [2.05, 4.69) is 54.2 Å². The standard InChI is InChI=1S/C16H16BrCl2N/c1-9-6-12(17)7-10(2)16(9)20-11(3)14-5-4-13(18)8-15(14)19/h4-8,11,20H,1-3H3. The van der Waals surface area contributed by atoms with Gasteiger partial charge in [-0.15, -0.1) is 0 Å². The van der Waals surface area contributed by atoms with E-state index in [0.717, 1.165) is 15.7 Å². The summed E-state index contributed by atoms with van der Waals surface area (Å²) in [5.41, 5.74) is 4.59. The average Bonchev–Trinajstić information content (AvgIpc) is 2.33. The molecule has 0 saturated carbocycles. The van der Waals surface area contributed by atoms with Gasteiger partial charge in [0.1, 0.15) is 0 Å². The molecule has 2 rings (SSSR count). The maximum Gasteiger partial charge on any atom is 0.0500 e. The molecule has 0 radical (unpaired) electrons. The van der Waals surface area contributed by atoms with Gasteiger partial charge < -0.3 is 5.32 Å². The highest BCUT2D eigenvalue weighted by molar-refractivity contribution is 9.10. The van der Waals surface area contributed by atoms with Gasteiger partial charge in [0.05, 0.1) is 6.04 Å². The molecule has 0 aromatic heterocycles. The first-order valence-corrected chi connectivity index (χ1v) is 7.91. The van der Waals surface area contributed by atoms with Crippen molar-refractivity contribution >= 4 is 44.8 Å². The van der Waals surface area contributed by atoms with Crippen LogP contribution in [0.3, 0.4) is 0 Å². The van der Waals surface area contributed by atoms with Gasteiger partial charge in [0.2, 0.25) is 0 Å². The Bertz CT molecular complexity index is 617. The van der Waals surface area contributed by atoms with Crippen molar-refractivity contribution in [3.63, 3.8) is 0 Å². The molecule has 0 fully saturated rings. The molecular weight excluding hydrogens is 357 g/mol. The van der Waals surface area contributed by atoms with Crippen molar-refractivity contribution in [2.24, 2.45) is 0 Å². The van der Waals surface area contributed by atoms with E-state index >= 15 is 0 Å². The summed E-state index contributed by atoms with van der Waals surface area (Å²) in [5, 5.41) is 4.87. The molecule has 1 atom stereocenters. The number of nitrogens with one attached hydrogen (secondary N) is 1. The van der Waals surface area contributed by atoms with E-state index in [-0.39, 0.29) is 6.04 Å². The van der Waals surface area contributed by atoms with Crippen molar-refractivity contribution in [3.05, 3.63) is 61.5 Å². The third kappa shape index (κ3) is 3.49. The Morgan fingerprint density at radius 1 is 1.05 bits per heavy atom. The third-order valence-electron chi connectivity index (χ3n) is 3.29. The van der Waals surface area contributed by atoms with E-state index in [1.807, 2.05) is 12.1 Å². The fourth-order valence-corrected chi connectivity index (χ4v) is 3.54. The highest BCUT2D eigenvalue weighted by atomic mass is 79.9. The molecule has 1 N–H and O–H groups in total. The number of hydrogen-bond donors (Lipinski definition) is 1. The molecule has 1 nitrogen and oxygen atoms in total. The molecule has 0 amide bonds. The zero-order valence-electron chi connectivity index (χ0n) is 11.6. The van der Waals surface area contributed by atoms with E-state index in [0.29, 0.717) is 10.0 Å². The van der Waals surface area contributed by atoms with Gasteiger partial charge in [-0.25, -0.2) is 0 Å². The molecule has 0 bridgehead atoms. The van der Waals surface area contributed by atoms with Gasteiger partial charge in [0.15, 0.2) is 0 Å². The lowest BCUT2D eigenvalue weighted by molar-refractivity contribution is 0.880. The number of hydrogen-bond acceptors (Lipinski definition) is 1. The second kappa shape index (κ2) is 6.38. The quantitative estimate of drug-likeness (QED) is 0.644. The second-order valence-electron chi connectivity index (χ2n) is 4.95. The van der Waals surface area contributed by atoms with Gasteiger partial charge in [-0.1, -0.05) is 45.2 Å². The van der Waals surface area contributed by atoms with Crippen LogP contribution in [-0.2, 0) is 0 Å². The molecular formula is C16H16BrCl2N. The van der Waals surface area contributed by atoms with E-state index in [1.54, 1.807) is 6.07 Å². The molecule has 0 heterocycles. The molecule has 20 heavy (non-hydrogen) atoms. The van der Waals surface area contributed by atoms with Crippen LogP contribution in [0, 0.1) is 13.8 Å². The van der Waals surface area contributed by atoms with Crippen LogP contribution in [0.15, 0.2) is 34.8 Å². The van der Waals surface area contributed by atoms with Crippen LogP contribution in [0.4, 0.5) is 5.69 Å². The Kier molecular flexibility index (Phi) is 5.00. The Labute approximate surface area is 138 Å². The van der Waals surface area contributed by atoms with Crippen LogP contribution in [0.2, 0.25) is 10.0 Å². The van der Waals surface area contributed by atoms with Crippen molar-refractivity contribution in [1.29, 1.82) is 0 Å². The Hall–Kier alpha value is -0.700. The lowest BCUT2D eigenvalue weighted by Gasteiger charge is -2.20. The predicted octanol–water partition coefficient (Wildman–Crippen LogP) is 6.55. The molecule has 4 heteroatoms. The van der Waals surface area contributed by atoms with E-state index in [9.17, 15) is 0 Å². The Balaban J connectivity index is 2.30. The molecule has 1 unspecified atom stereocenters. The van der Waals surface area contributed by atoms with Gasteiger partial charge >= 0.3 is 0 Å². The van der Waals surface area contributed by atoms with Crippen molar-refractivity contribution < 1.29 is 0 Å². The topological polar surface area (TPSA) is 12.0 Å². The zero-order chi connectivity index (χ0) is 14.9. The molecule has 0 spiro atoms. The minimum Gasteiger partial charge on any atom is -0.378 e. The summed E-state index contributed by atoms with van der Waals surface area (Å²) in [5.74, 6) is 0. The minimum absolute atomic E-state index is 0.110. The zero-order valence-corrected chi connectivity index (χ0v) is 14.7. The molecule has 2 aromatic rings. The fourth-order valence-electron chi connectivity index (χ4n) is 2.29. The predicted molar refractivity (Wildman–Crippen MR) is 92.1 cm³/mol. The number of aryl methyl sites for hydroxylation is 2. The average molecular weight is 373 g/mol. The van der Waals surface area contributed by atoms with E-state index in [1.165, 1.54) is 11.1 Å². The van der Waals surface area contributed by atoms with Crippen LogP contribution < -0.4 is 5.32 Å². The Morgan fingerprint density at radius 2 is 1.65 bits per heavy atom. The minimum atomic E-state index is 0.110. The summed E-state index contributed by atoms with van der Waals surface area (Å²) in [6.07, 6.45) is 0. The molecule has 0 aliphatic carbocycles. The monoisotopic (exact) mass is 371 g/mol. The van der Waals surface area contributed by atoms with Crippen molar-refractivity contribution in [1.82, 2.24) is 0 Å².